The Balaban J connectivity index is 3.17. The van der Waals surface area contributed by atoms with Crippen LogP contribution < -0.4 is 21.9 Å². The molecule has 0 heterocycles. The molecule has 6 nitrogen and oxygen atoms in total. The minimum absolute atomic E-state index is 0.0981. The van der Waals surface area contributed by atoms with E-state index in [0.29, 0.717) is 0 Å². The van der Waals surface area contributed by atoms with Gasteiger partial charge >= 0.3 is 6.18 Å². The Hall–Kier alpha value is -2.04. The molecule has 116 valence electrons. The third kappa shape index (κ3) is 5.85. The van der Waals surface area contributed by atoms with Crippen LogP contribution in [0.5, 0.6) is 5.75 Å². The molecular formula is C10H10BrF4N5O. The van der Waals surface area contributed by atoms with Crippen LogP contribution >= 0.6 is 15.9 Å². The van der Waals surface area contributed by atoms with Crippen LogP contribution in [-0.4, -0.2) is 24.7 Å². The van der Waals surface area contributed by atoms with Crippen molar-refractivity contribution in [1.82, 2.24) is 0 Å². The number of hydrogen-bond donors (Lipinski definition) is 3. The lowest BCUT2D eigenvalue weighted by Gasteiger charge is -2.12. The molecule has 0 spiro atoms. The van der Waals surface area contributed by atoms with Crippen molar-refractivity contribution in [3.63, 3.8) is 0 Å². The molecule has 0 aliphatic carbocycles. The third-order valence-electron chi connectivity index (χ3n) is 1.87. The van der Waals surface area contributed by atoms with Gasteiger partial charge in [-0.25, -0.2) is 9.38 Å². The summed E-state index contributed by atoms with van der Waals surface area (Å²) in [5, 5.41) is 0. The van der Waals surface area contributed by atoms with Gasteiger partial charge < -0.3 is 21.9 Å². The molecule has 0 aliphatic rings. The number of guanidine groups is 2. The number of aliphatic imine (C=N–C) groups is 2. The fourth-order valence-electron chi connectivity index (χ4n) is 1.16. The first-order valence-corrected chi connectivity index (χ1v) is 6.00. The Morgan fingerprint density at radius 3 is 2.38 bits per heavy atom. The second-order valence-corrected chi connectivity index (χ2v) is 4.50. The summed E-state index contributed by atoms with van der Waals surface area (Å²) in [5.74, 6) is -1.99. The van der Waals surface area contributed by atoms with Gasteiger partial charge in [-0.05, 0) is 22.0 Å². The lowest BCUT2D eigenvalue weighted by atomic mass is 10.3. The second kappa shape index (κ2) is 6.61. The van der Waals surface area contributed by atoms with E-state index in [1.54, 1.807) is 0 Å². The van der Waals surface area contributed by atoms with Gasteiger partial charge in [0.05, 0.1) is 4.47 Å². The predicted molar refractivity (Wildman–Crippen MR) is 72.7 cm³/mol. The zero-order valence-corrected chi connectivity index (χ0v) is 11.9. The molecule has 0 saturated heterocycles. The highest BCUT2D eigenvalue weighted by atomic mass is 79.9. The lowest BCUT2D eigenvalue weighted by molar-refractivity contribution is -0.153. The highest BCUT2D eigenvalue weighted by Crippen LogP contribution is 2.34. The summed E-state index contributed by atoms with van der Waals surface area (Å²) < 4.78 is 54.4. The Labute approximate surface area is 124 Å². The Morgan fingerprint density at radius 2 is 1.86 bits per heavy atom. The molecule has 21 heavy (non-hydrogen) atoms. The van der Waals surface area contributed by atoms with Gasteiger partial charge in [-0.15, -0.1) is 0 Å². The summed E-state index contributed by atoms with van der Waals surface area (Å²) in [6.45, 7) is -1.57. The zero-order chi connectivity index (χ0) is 16.2. The largest absolute Gasteiger partial charge is 0.482 e. The second-order valence-electron chi connectivity index (χ2n) is 3.64. The number of rotatable bonds is 3. The van der Waals surface area contributed by atoms with Crippen LogP contribution in [0, 0.1) is 5.82 Å². The van der Waals surface area contributed by atoms with Crippen LogP contribution in [0.3, 0.4) is 0 Å². The van der Waals surface area contributed by atoms with E-state index in [1.165, 1.54) is 0 Å². The Morgan fingerprint density at radius 1 is 1.24 bits per heavy atom. The van der Waals surface area contributed by atoms with E-state index in [0.717, 1.165) is 12.1 Å². The molecule has 11 heteroatoms. The average molecular weight is 372 g/mol. The minimum atomic E-state index is -4.56. The number of ether oxygens (including phenoxy) is 1. The molecule has 1 aromatic rings. The first kappa shape index (κ1) is 17.0. The summed E-state index contributed by atoms with van der Waals surface area (Å²) in [4.78, 5) is 6.96. The van der Waals surface area contributed by atoms with Crippen molar-refractivity contribution >= 4 is 33.5 Å². The van der Waals surface area contributed by atoms with Crippen molar-refractivity contribution < 1.29 is 22.3 Å². The van der Waals surface area contributed by atoms with E-state index >= 15 is 0 Å². The van der Waals surface area contributed by atoms with Crippen LogP contribution in [0.2, 0.25) is 0 Å². The number of halogens is 5. The normalized spacial score (nSPS) is 12.1. The smallest absolute Gasteiger partial charge is 0.422 e. The van der Waals surface area contributed by atoms with E-state index in [4.69, 9.17) is 17.2 Å². The molecule has 0 unspecified atom stereocenters. The van der Waals surface area contributed by atoms with Crippen molar-refractivity contribution in [2.24, 2.45) is 27.2 Å². The van der Waals surface area contributed by atoms with E-state index in [9.17, 15) is 17.6 Å². The topological polar surface area (TPSA) is 112 Å². The summed E-state index contributed by atoms with van der Waals surface area (Å²) >= 11 is 2.82. The number of alkyl halides is 3. The molecule has 0 fully saturated rings. The quantitative estimate of drug-likeness (QED) is 0.426. The van der Waals surface area contributed by atoms with E-state index in [1.807, 2.05) is 0 Å². The first-order valence-electron chi connectivity index (χ1n) is 5.21. The van der Waals surface area contributed by atoms with Crippen molar-refractivity contribution in [3.05, 3.63) is 22.4 Å². The van der Waals surface area contributed by atoms with Crippen LogP contribution in [-0.2, 0) is 0 Å². The third-order valence-corrected chi connectivity index (χ3v) is 2.48. The standard InChI is InChI=1S/C10H10BrF4N5O/c11-4-1-7(21-3-10(13,14)15)6(2-5(4)12)19-9(18)20-8(16)17/h1-2H,3H2,(H6,16,17,18,19,20). The molecule has 0 aliphatic heterocycles. The summed E-state index contributed by atoms with van der Waals surface area (Å²) in [6.07, 6.45) is -4.56. The molecular weight excluding hydrogens is 362 g/mol. The molecule has 1 rings (SSSR count). The maximum Gasteiger partial charge on any atom is 0.422 e. The number of nitrogens with two attached hydrogens (primary N) is 3. The molecule has 0 saturated carbocycles. The number of benzene rings is 1. The van der Waals surface area contributed by atoms with Gasteiger partial charge in [0.2, 0.25) is 5.96 Å². The zero-order valence-electron chi connectivity index (χ0n) is 10.3. The van der Waals surface area contributed by atoms with Crippen LogP contribution in [0.25, 0.3) is 0 Å². The predicted octanol–water partition coefficient (Wildman–Crippen LogP) is 1.75. The summed E-state index contributed by atoms with van der Waals surface area (Å²) in [7, 11) is 0. The fraction of sp³-hybridized carbons (Fsp3) is 0.200. The van der Waals surface area contributed by atoms with Gasteiger partial charge in [0.15, 0.2) is 12.6 Å². The van der Waals surface area contributed by atoms with Gasteiger partial charge in [-0.2, -0.15) is 18.2 Å². The van der Waals surface area contributed by atoms with E-state index in [2.05, 4.69) is 30.7 Å². The van der Waals surface area contributed by atoms with Crippen LogP contribution in [0.15, 0.2) is 26.6 Å². The molecule has 0 radical (unpaired) electrons. The van der Waals surface area contributed by atoms with Crippen LogP contribution in [0.1, 0.15) is 0 Å². The van der Waals surface area contributed by atoms with Crippen molar-refractivity contribution in [2.75, 3.05) is 6.61 Å². The fourth-order valence-corrected chi connectivity index (χ4v) is 1.48. The van der Waals surface area contributed by atoms with Gasteiger partial charge in [-0.3, -0.25) is 0 Å². The molecule has 1 aromatic carbocycles. The highest BCUT2D eigenvalue weighted by Gasteiger charge is 2.29. The molecule has 6 N–H and O–H groups in total. The molecule has 0 bridgehead atoms. The molecule has 0 atom stereocenters. The number of nitrogens with zero attached hydrogens (tertiary/aromatic N) is 2. The van der Waals surface area contributed by atoms with Crippen molar-refractivity contribution in [2.45, 2.75) is 6.18 Å². The number of hydrogen-bond acceptors (Lipinski definition) is 2. The van der Waals surface area contributed by atoms with Gasteiger partial charge in [-0.1, -0.05) is 0 Å². The van der Waals surface area contributed by atoms with E-state index < -0.39 is 30.5 Å². The maximum atomic E-state index is 13.4. The van der Waals surface area contributed by atoms with Crippen molar-refractivity contribution in [1.29, 1.82) is 0 Å². The Kier molecular flexibility index (Phi) is 5.35. The highest BCUT2D eigenvalue weighted by molar-refractivity contribution is 9.10. The van der Waals surface area contributed by atoms with Gasteiger partial charge in [0, 0.05) is 6.07 Å². The maximum absolute atomic E-state index is 13.4. The van der Waals surface area contributed by atoms with Gasteiger partial charge in [0.1, 0.15) is 17.3 Å². The van der Waals surface area contributed by atoms with E-state index in [-0.39, 0.29) is 15.9 Å². The van der Waals surface area contributed by atoms with Crippen molar-refractivity contribution in [3.8, 4) is 5.75 Å². The monoisotopic (exact) mass is 371 g/mol. The van der Waals surface area contributed by atoms with Crippen LogP contribution in [0.4, 0.5) is 23.2 Å². The first-order chi connectivity index (χ1) is 9.58. The van der Waals surface area contributed by atoms with Gasteiger partial charge in [0.25, 0.3) is 0 Å². The Bertz CT molecular complexity index is 584. The average Bonchev–Trinajstić information content (AvgIpc) is 2.29. The minimum Gasteiger partial charge on any atom is -0.482 e. The summed E-state index contributed by atoms with van der Waals surface area (Å²) in [5.41, 5.74) is 15.2. The molecule has 0 aromatic heterocycles. The molecule has 0 amide bonds. The summed E-state index contributed by atoms with van der Waals surface area (Å²) in [6, 6.07) is 1.81. The lowest BCUT2D eigenvalue weighted by Crippen LogP contribution is -2.26. The SMILES string of the molecule is NC(N)=NC(N)=Nc1cc(F)c(Br)cc1OCC(F)(F)F.